The Morgan fingerprint density at radius 2 is 2.04 bits per heavy atom. The minimum atomic E-state index is -0.993. The molecule has 0 saturated carbocycles. The van der Waals surface area contributed by atoms with E-state index in [4.69, 9.17) is 5.11 Å². The van der Waals surface area contributed by atoms with Crippen molar-refractivity contribution < 1.29 is 19.8 Å². The molecule has 3 aromatic rings. The lowest BCUT2D eigenvalue weighted by molar-refractivity contribution is 0.0701. The first-order valence-corrected chi connectivity index (χ1v) is 7.91. The Labute approximate surface area is 141 Å². The largest absolute Gasteiger partial charge is 0.508 e. The summed E-state index contributed by atoms with van der Waals surface area (Å²) in [4.78, 5) is 28.5. The highest BCUT2D eigenvalue weighted by Gasteiger charge is 2.16. The topological polar surface area (TPSA) is 87.5 Å². The summed E-state index contributed by atoms with van der Waals surface area (Å²) in [6.07, 6.45) is 4.45. The SMILES string of the molecule is Cc1c(C(=O)O)sc2ncc(C(=O)C=Cc3cccc(O)c3)cc12. The molecule has 0 saturated heterocycles. The van der Waals surface area contributed by atoms with Crippen LogP contribution in [0.5, 0.6) is 5.75 Å². The third kappa shape index (κ3) is 3.04. The van der Waals surface area contributed by atoms with E-state index in [1.54, 1.807) is 43.3 Å². The molecule has 0 spiro atoms. The number of pyridine rings is 1. The fraction of sp³-hybridized carbons (Fsp3) is 0.0556. The molecule has 24 heavy (non-hydrogen) atoms. The zero-order valence-electron chi connectivity index (χ0n) is 12.7. The molecule has 5 nitrogen and oxygen atoms in total. The van der Waals surface area contributed by atoms with E-state index in [0.29, 0.717) is 26.9 Å². The lowest BCUT2D eigenvalue weighted by atomic mass is 10.1. The van der Waals surface area contributed by atoms with Crippen molar-refractivity contribution >= 4 is 39.4 Å². The molecule has 2 heterocycles. The van der Waals surface area contributed by atoms with Gasteiger partial charge < -0.3 is 10.2 Å². The van der Waals surface area contributed by atoms with Crippen LogP contribution in [0.2, 0.25) is 0 Å². The smallest absolute Gasteiger partial charge is 0.346 e. The minimum absolute atomic E-state index is 0.128. The number of fused-ring (bicyclic) bond motifs is 1. The number of phenols is 1. The number of thiophene rings is 1. The first-order valence-electron chi connectivity index (χ1n) is 7.09. The Morgan fingerprint density at radius 3 is 2.75 bits per heavy atom. The van der Waals surface area contributed by atoms with Gasteiger partial charge in [-0.3, -0.25) is 4.79 Å². The summed E-state index contributed by atoms with van der Waals surface area (Å²) in [5.41, 5.74) is 1.70. The van der Waals surface area contributed by atoms with Gasteiger partial charge in [0.2, 0.25) is 0 Å². The second-order valence-electron chi connectivity index (χ2n) is 5.23. The Hall–Kier alpha value is -2.99. The standard InChI is InChI=1S/C18H13NO4S/c1-10-14-8-12(9-19-17(14)24-16(10)18(22)23)15(21)6-5-11-3-2-4-13(20)7-11/h2-9,20H,1H3,(H,22,23). The molecule has 0 atom stereocenters. The molecule has 120 valence electrons. The number of aromatic hydroxyl groups is 1. The maximum absolute atomic E-state index is 12.3. The van der Waals surface area contributed by atoms with Gasteiger partial charge in [-0.1, -0.05) is 18.2 Å². The van der Waals surface area contributed by atoms with Crippen LogP contribution in [0.25, 0.3) is 16.3 Å². The van der Waals surface area contributed by atoms with Crippen LogP contribution < -0.4 is 0 Å². The summed E-state index contributed by atoms with van der Waals surface area (Å²) in [6, 6.07) is 8.22. The third-order valence-corrected chi connectivity index (χ3v) is 4.77. The zero-order chi connectivity index (χ0) is 17.3. The fourth-order valence-corrected chi connectivity index (χ4v) is 3.30. The van der Waals surface area contributed by atoms with Gasteiger partial charge in [-0.15, -0.1) is 11.3 Å². The van der Waals surface area contributed by atoms with Gasteiger partial charge in [-0.05, 0) is 42.3 Å². The Balaban J connectivity index is 1.92. The van der Waals surface area contributed by atoms with Gasteiger partial charge in [0, 0.05) is 17.1 Å². The molecule has 0 amide bonds. The van der Waals surface area contributed by atoms with Crippen LogP contribution in [0.1, 0.15) is 31.2 Å². The molecule has 2 aromatic heterocycles. The van der Waals surface area contributed by atoms with Gasteiger partial charge in [0.1, 0.15) is 15.5 Å². The number of aromatic nitrogens is 1. The minimum Gasteiger partial charge on any atom is -0.508 e. The average Bonchev–Trinajstić information content (AvgIpc) is 2.89. The quantitative estimate of drug-likeness (QED) is 0.556. The zero-order valence-corrected chi connectivity index (χ0v) is 13.5. The molecular weight excluding hydrogens is 326 g/mol. The van der Waals surface area contributed by atoms with Gasteiger partial charge >= 0.3 is 5.97 Å². The number of aryl methyl sites for hydroxylation is 1. The van der Waals surface area contributed by atoms with E-state index in [9.17, 15) is 14.7 Å². The van der Waals surface area contributed by atoms with Crippen molar-refractivity contribution in [2.75, 3.05) is 0 Å². The van der Waals surface area contributed by atoms with E-state index in [2.05, 4.69) is 4.98 Å². The van der Waals surface area contributed by atoms with Crippen molar-refractivity contribution in [3.8, 4) is 5.75 Å². The molecule has 0 aliphatic carbocycles. The predicted molar refractivity (Wildman–Crippen MR) is 92.8 cm³/mol. The van der Waals surface area contributed by atoms with Crippen molar-refractivity contribution in [2.24, 2.45) is 0 Å². The number of hydrogen-bond donors (Lipinski definition) is 2. The number of ketones is 1. The van der Waals surface area contributed by atoms with Crippen LogP contribution in [0, 0.1) is 6.92 Å². The molecule has 0 fully saturated rings. The second kappa shape index (κ2) is 6.25. The number of benzene rings is 1. The number of rotatable bonds is 4. The number of carbonyl (C=O) groups excluding carboxylic acids is 1. The van der Waals surface area contributed by atoms with Crippen LogP contribution >= 0.6 is 11.3 Å². The van der Waals surface area contributed by atoms with Crippen LogP contribution in [0.3, 0.4) is 0 Å². The number of nitrogens with zero attached hydrogens (tertiary/aromatic N) is 1. The number of aromatic carboxylic acids is 1. The normalized spacial score (nSPS) is 11.2. The molecule has 0 aliphatic heterocycles. The second-order valence-corrected chi connectivity index (χ2v) is 6.23. The van der Waals surface area contributed by atoms with E-state index in [1.165, 1.54) is 12.3 Å². The summed E-state index contributed by atoms with van der Waals surface area (Å²) in [5.74, 6) is -1.11. The number of carboxylic acid groups (broad SMARTS) is 1. The number of carboxylic acids is 1. The summed E-state index contributed by atoms with van der Waals surface area (Å²) in [5, 5.41) is 19.3. The highest BCUT2D eigenvalue weighted by molar-refractivity contribution is 7.20. The van der Waals surface area contributed by atoms with Crippen molar-refractivity contribution in [3.05, 3.63) is 64.2 Å². The van der Waals surface area contributed by atoms with E-state index in [-0.39, 0.29) is 16.4 Å². The Morgan fingerprint density at radius 1 is 1.25 bits per heavy atom. The van der Waals surface area contributed by atoms with Crippen LogP contribution in [0.4, 0.5) is 0 Å². The summed E-state index contributed by atoms with van der Waals surface area (Å²) >= 11 is 1.10. The van der Waals surface area contributed by atoms with Gasteiger partial charge in [-0.2, -0.15) is 0 Å². The monoisotopic (exact) mass is 339 g/mol. The maximum atomic E-state index is 12.3. The molecule has 0 unspecified atom stereocenters. The van der Waals surface area contributed by atoms with Crippen molar-refractivity contribution in [1.82, 2.24) is 4.98 Å². The van der Waals surface area contributed by atoms with Crippen molar-refractivity contribution in [1.29, 1.82) is 0 Å². The molecule has 1 aromatic carbocycles. The highest BCUT2D eigenvalue weighted by atomic mass is 32.1. The molecule has 6 heteroatoms. The predicted octanol–water partition coefficient (Wildman–Crippen LogP) is 3.90. The molecule has 0 bridgehead atoms. The Kier molecular flexibility index (Phi) is 4.14. The van der Waals surface area contributed by atoms with E-state index < -0.39 is 5.97 Å². The van der Waals surface area contributed by atoms with Gasteiger partial charge in [-0.25, -0.2) is 9.78 Å². The average molecular weight is 339 g/mol. The van der Waals surface area contributed by atoms with E-state index >= 15 is 0 Å². The molecular formula is C18H13NO4S. The molecule has 3 rings (SSSR count). The Bertz CT molecular complexity index is 988. The number of hydrogen-bond acceptors (Lipinski definition) is 5. The fourth-order valence-electron chi connectivity index (χ4n) is 2.33. The lowest BCUT2D eigenvalue weighted by Crippen LogP contribution is -1.96. The highest BCUT2D eigenvalue weighted by Crippen LogP contribution is 2.30. The van der Waals surface area contributed by atoms with Crippen molar-refractivity contribution in [2.45, 2.75) is 6.92 Å². The van der Waals surface area contributed by atoms with Gasteiger partial charge in [0.05, 0.1) is 0 Å². The first kappa shape index (κ1) is 15.9. The summed E-state index contributed by atoms with van der Waals surface area (Å²) in [6.45, 7) is 1.71. The van der Waals surface area contributed by atoms with E-state index in [0.717, 1.165) is 11.3 Å². The molecule has 0 aliphatic rings. The summed E-state index contributed by atoms with van der Waals surface area (Å²) in [7, 11) is 0. The summed E-state index contributed by atoms with van der Waals surface area (Å²) < 4.78 is 0. The maximum Gasteiger partial charge on any atom is 0.346 e. The number of allylic oxidation sites excluding steroid dienone is 1. The number of carbonyl (C=O) groups is 2. The van der Waals surface area contributed by atoms with Crippen LogP contribution in [-0.2, 0) is 0 Å². The molecule has 2 N–H and O–H groups in total. The van der Waals surface area contributed by atoms with Crippen LogP contribution in [0.15, 0.2) is 42.6 Å². The first-order chi connectivity index (χ1) is 11.5. The number of phenolic OH excluding ortho intramolecular Hbond substituents is 1. The van der Waals surface area contributed by atoms with Crippen molar-refractivity contribution in [3.63, 3.8) is 0 Å². The lowest BCUT2D eigenvalue weighted by Gasteiger charge is -1.98. The molecule has 0 radical (unpaired) electrons. The third-order valence-electron chi connectivity index (χ3n) is 3.57. The van der Waals surface area contributed by atoms with Crippen LogP contribution in [-0.4, -0.2) is 26.9 Å². The van der Waals surface area contributed by atoms with E-state index in [1.807, 2.05) is 0 Å². The van der Waals surface area contributed by atoms with Gasteiger partial charge in [0.15, 0.2) is 5.78 Å². The van der Waals surface area contributed by atoms with Gasteiger partial charge in [0.25, 0.3) is 0 Å².